The Balaban J connectivity index is 2.10. The van der Waals surface area contributed by atoms with Gasteiger partial charge in [0, 0.05) is 18.3 Å². The largest absolute Gasteiger partial charge is 0.504 e. The number of aromatic hydroxyl groups is 1. The van der Waals surface area contributed by atoms with Crippen LogP contribution in [0.1, 0.15) is 37.2 Å². The number of rotatable bonds is 5. The van der Waals surface area contributed by atoms with E-state index in [-0.39, 0.29) is 17.8 Å². The maximum Gasteiger partial charge on any atom is 0.160 e. The molecule has 2 rings (SSSR count). The van der Waals surface area contributed by atoms with E-state index >= 15 is 0 Å². The third kappa shape index (κ3) is 3.27. The van der Waals surface area contributed by atoms with Crippen LogP contribution in [0.15, 0.2) is 42.6 Å². The van der Waals surface area contributed by atoms with Gasteiger partial charge in [0.05, 0.1) is 12.8 Å². The summed E-state index contributed by atoms with van der Waals surface area (Å²) >= 11 is 0. The van der Waals surface area contributed by atoms with Gasteiger partial charge in [-0.1, -0.05) is 12.1 Å². The fourth-order valence-electron chi connectivity index (χ4n) is 2.15. The SMILES string of the molecule is COc1cc(C(C)N[C@@H](C)c2ccccn2)ccc1O. The Kier molecular flexibility index (Phi) is 4.58. The number of phenolic OH excluding ortho intramolecular Hbond substituents is 1. The molecule has 20 heavy (non-hydrogen) atoms. The first-order valence-corrected chi connectivity index (χ1v) is 6.65. The van der Waals surface area contributed by atoms with Gasteiger partial charge < -0.3 is 15.2 Å². The number of hydrogen-bond acceptors (Lipinski definition) is 4. The number of benzene rings is 1. The summed E-state index contributed by atoms with van der Waals surface area (Å²) in [6.07, 6.45) is 1.79. The second-order valence-corrected chi connectivity index (χ2v) is 4.80. The Morgan fingerprint density at radius 2 is 1.95 bits per heavy atom. The highest BCUT2D eigenvalue weighted by molar-refractivity contribution is 5.42. The zero-order valence-electron chi connectivity index (χ0n) is 12.0. The van der Waals surface area contributed by atoms with Gasteiger partial charge in [0.2, 0.25) is 0 Å². The highest BCUT2D eigenvalue weighted by Crippen LogP contribution is 2.29. The quantitative estimate of drug-likeness (QED) is 0.877. The van der Waals surface area contributed by atoms with Crippen LogP contribution in [-0.4, -0.2) is 17.2 Å². The predicted octanol–water partition coefficient (Wildman–Crippen LogP) is 3.21. The Bertz CT molecular complexity index is 558. The summed E-state index contributed by atoms with van der Waals surface area (Å²) < 4.78 is 5.14. The minimum Gasteiger partial charge on any atom is -0.504 e. The average Bonchev–Trinajstić information content (AvgIpc) is 2.48. The minimum absolute atomic E-state index is 0.126. The summed E-state index contributed by atoms with van der Waals surface area (Å²) in [7, 11) is 1.55. The van der Waals surface area contributed by atoms with E-state index < -0.39 is 0 Å². The van der Waals surface area contributed by atoms with Crippen molar-refractivity contribution in [2.45, 2.75) is 25.9 Å². The first-order chi connectivity index (χ1) is 9.61. The van der Waals surface area contributed by atoms with Crippen molar-refractivity contribution in [3.05, 3.63) is 53.9 Å². The summed E-state index contributed by atoms with van der Waals surface area (Å²) in [5.41, 5.74) is 2.06. The van der Waals surface area contributed by atoms with Gasteiger partial charge in [0.25, 0.3) is 0 Å². The van der Waals surface area contributed by atoms with Crippen molar-refractivity contribution in [3.8, 4) is 11.5 Å². The number of pyridine rings is 1. The molecule has 2 N–H and O–H groups in total. The standard InChI is InChI=1S/C16H20N2O2/c1-11(13-7-8-15(19)16(10-13)20-3)18-12(2)14-6-4-5-9-17-14/h4-12,18-19H,1-3H3/t11?,12-/m0/s1. The van der Waals surface area contributed by atoms with Gasteiger partial charge in [-0.2, -0.15) is 0 Å². The normalized spacial score (nSPS) is 13.8. The predicted molar refractivity (Wildman–Crippen MR) is 78.9 cm³/mol. The molecule has 2 aromatic rings. The Labute approximate surface area is 119 Å². The first kappa shape index (κ1) is 14.3. The molecule has 0 bridgehead atoms. The van der Waals surface area contributed by atoms with Crippen molar-refractivity contribution in [2.24, 2.45) is 0 Å². The molecule has 0 fully saturated rings. The fourth-order valence-corrected chi connectivity index (χ4v) is 2.15. The first-order valence-electron chi connectivity index (χ1n) is 6.65. The molecule has 1 heterocycles. The van der Waals surface area contributed by atoms with E-state index in [1.807, 2.05) is 30.3 Å². The maximum atomic E-state index is 9.62. The van der Waals surface area contributed by atoms with E-state index in [1.165, 1.54) is 0 Å². The van der Waals surface area contributed by atoms with Crippen molar-refractivity contribution < 1.29 is 9.84 Å². The Morgan fingerprint density at radius 1 is 1.15 bits per heavy atom. The molecule has 0 saturated carbocycles. The number of hydrogen-bond donors (Lipinski definition) is 2. The van der Waals surface area contributed by atoms with Gasteiger partial charge in [-0.05, 0) is 43.7 Å². The van der Waals surface area contributed by atoms with Gasteiger partial charge in [-0.25, -0.2) is 0 Å². The van der Waals surface area contributed by atoms with Crippen LogP contribution in [0.25, 0.3) is 0 Å². The van der Waals surface area contributed by atoms with E-state index in [2.05, 4.69) is 24.1 Å². The number of methoxy groups -OCH3 is 1. The average molecular weight is 272 g/mol. The third-order valence-corrected chi connectivity index (χ3v) is 3.34. The van der Waals surface area contributed by atoms with Crippen molar-refractivity contribution in [1.82, 2.24) is 10.3 Å². The van der Waals surface area contributed by atoms with E-state index in [4.69, 9.17) is 4.74 Å². The number of ether oxygens (including phenoxy) is 1. The van der Waals surface area contributed by atoms with E-state index in [1.54, 1.807) is 19.4 Å². The summed E-state index contributed by atoms with van der Waals surface area (Å²) in [6.45, 7) is 4.15. The molecule has 4 heteroatoms. The molecule has 4 nitrogen and oxygen atoms in total. The van der Waals surface area contributed by atoms with Crippen LogP contribution < -0.4 is 10.1 Å². The zero-order valence-corrected chi connectivity index (χ0v) is 12.0. The van der Waals surface area contributed by atoms with Gasteiger partial charge in [0.1, 0.15) is 0 Å². The summed E-state index contributed by atoms with van der Waals surface area (Å²) in [6, 6.07) is 11.5. The minimum atomic E-state index is 0.126. The smallest absolute Gasteiger partial charge is 0.160 e. The molecular formula is C16H20N2O2. The number of nitrogens with zero attached hydrogens (tertiary/aromatic N) is 1. The van der Waals surface area contributed by atoms with Gasteiger partial charge in [0.15, 0.2) is 11.5 Å². The Hall–Kier alpha value is -2.07. The molecule has 2 atom stereocenters. The monoisotopic (exact) mass is 272 g/mol. The maximum absolute atomic E-state index is 9.62. The van der Waals surface area contributed by atoms with Gasteiger partial charge >= 0.3 is 0 Å². The second kappa shape index (κ2) is 6.39. The third-order valence-electron chi connectivity index (χ3n) is 3.34. The molecule has 0 aliphatic rings. The molecule has 0 aliphatic heterocycles. The van der Waals surface area contributed by atoms with Gasteiger partial charge in [-0.3, -0.25) is 4.98 Å². The lowest BCUT2D eigenvalue weighted by Crippen LogP contribution is -2.23. The molecule has 0 saturated heterocycles. The van der Waals surface area contributed by atoms with Crippen LogP contribution in [0.5, 0.6) is 11.5 Å². The lowest BCUT2D eigenvalue weighted by molar-refractivity contribution is 0.371. The van der Waals surface area contributed by atoms with Crippen LogP contribution in [0, 0.1) is 0 Å². The second-order valence-electron chi connectivity index (χ2n) is 4.80. The highest BCUT2D eigenvalue weighted by Gasteiger charge is 2.13. The fraction of sp³-hybridized carbons (Fsp3) is 0.312. The van der Waals surface area contributed by atoms with E-state index in [0.717, 1.165) is 11.3 Å². The Morgan fingerprint density at radius 3 is 2.60 bits per heavy atom. The summed E-state index contributed by atoms with van der Waals surface area (Å²) in [5.74, 6) is 0.642. The van der Waals surface area contributed by atoms with Crippen LogP contribution in [-0.2, 0) is 0 Å². The summed E-state index contributed by atoms with van der Waals surface area (Å²) in [4.78, 5) is 4.35. The molecule has 1 aromatic carbocycles. The van der Waals surface area contributed by atoms with Crippen LogP contribution in [0.4, 0.5) is 0 Å². The number of aromatic nitrogens is 1. The van der Waals surface area contributed by atoms with Crippen molar-refractivity contribution in [2.75, 3.05) is 7.11 Å². The van der Waals surface area contributed by atoms with E-state index in [0.29, 0.717) is 5.75 Å². The molecule has 1 unspecified atom stereocenters. The zero-order chi connectivity index (χ0) is 14.5. The number of phenols is 1. The van der Waals surface area contributed by atoms with Crippen LogP contribution >= 0.6 is 0 Å². The topological polar surface area (TPSA) is 54.4 Å². The van der Waals surface area contributed by atoms with Gasteiger partial charge in [-0.15, -0.1) is 0 Å². The molecule has 0 amide bonds. The molecular weight excluding hydrogens is 252 g/mol. The number of nitrogens with one attached hydrogen (secondary N) is 1. The van der Waals surface area contributed by atoms with Crippen LogP contribution in [0.3, 0.4) is 0 Å². The van der Waals surface area contributed by atoms with Crippen molar-refractivity contribution in [3.63, 3.8) is 0 Å². The van der Waals surface area contributed by atoms with Crippen molar-refractivity contribution in [1.29, 1.82) is 0 Å². The molecule has 0 radical (unpaired) electrons. The lowest BCUT2D eigenvalue weighted by Gasteiger charge is -2.20. The lowest BCUT2D eigenvalue weighted by atomic mass is 10.1. The summed E-state index contributed by atoms with van der Waals surface area (Å²) in [5, 5.41) is 13.1. The molecule has 106 valence electrons. The molecule has 0 aliphatic carbocycles. The van der Waals surface area contributed by atoms with Crippen molar-refractivity contribution >= 4 is 0 Å². The van der Waals surface area contributed by atoms with Crippen LogP contribution in [0.2, 0.25) is 0 Å². The molecule has 0 spiro atoms. The highest BCUT2D eigenvalue weighted by atomic mass is 16.5. The van der Waals surface area contributed by atoms with E-state index in [9.17, 15) is 5.11 Å². The molecule has 1 aromatic heterocycles.